The van der Waals surface area contributed by atoms with Crippen molar-refractivity contribution in [1.82, 2.24) is 4.98 Å². The maximum absolute atomic E-state index is 13.0. The van der Waals surface area contributed by atoms with Crippen LogP contribution in [0.25, 0.3) is 0 Å². The highest BCUT2D eigenvalue weighted by Gasteiger charge is 2.16. The molecule has 8 heteroatoms. The maximum Gasteiger partial charge on any atom is 0.360 e. The molecule has 0 bridgehead atoms. The van der Waals surface area contributed by atoms with Crippen LogP contribution in [0.4, 0.5) is 14.8 Å². The van der Waals surface area contributed by atoms with Crippen LogP contribution in [0, 0.1) is 11.6 Å². The molecule has 0 atom stereocenters. The molecule has 0 aliphatic heterocycles. The van der Waals surface area contributed by atoms with Crippen molar-refractivity contribution in [2.24, 2.45) is 0 Å². The number of carbonyl (C=O) groups excluding carboxylic acids is 2. The highest BCUT2D eigenvalue weighted by molar-refractivity contribution is 6.03. The first kappa shape index (κ1) is 14.6. The number of rotatable bonds is 4. The Hall–Kier alpha value is -2.77. The van der Waals surface area contributed by atoms with E-state index < -0.39 is 23.5 Å². The number of hydrogen-bond donors (Lipinski definition) is 1. The Labute approximate surface area is 117 Å². The van der Waals surface area contributed by atoms with Crippen molar-refractivity contribution < 1.29 is 27.5 Å². The highest BCUT2D eigenvalue weighted by atomic mass is 19.2. The number of ether oxygens (including phenoxy) is 1. The molecule has 21 heavy (non-hydrogen) atoms. The minimum Gasteiger partial charge on any atom is -0.461 e. The van der Waals surface area contributed by atoms with Crippen molar-refractivity contribution in [1.29, 1.82) is 0 Å². The van der Waals surface area contributed by atoms with Gasteiger partial charge in [0.2, 0.25) is 0 Å². The number of halogens is 2. The average Bonchev–Trinajstić information content (AvgIpc) is 2.90. The molecule has 1 aromatic carbocycles. The van der Waals surface area contributed by atoms with Crippen molar-refractivity contribution >= 4 is 17.9 Å². The molecule has 6 nitrogen and oxygen atoms in total. The van der Waals surface area contributed by atoms with E-state index in [1.54, 1.807) is 6.92 Å². The molecular formula is C13H10F2N2O4. The monoisotopic (exact) mass is 296 g/mol. The zero-order valence-electron chi connectivity index (χ0n) is 10.9. The Bertz CT molecular complexity index is 685. The van der Waals surface area contributed by atoms with Crippen molar-refractivity contribution in [3.8, 4) is 0 Å². The molecule has 1 N–H and O–H groups in total. The number of oxazole rings is 1. The first-order chi connectivity index (χ1) is 10.0. The van der Waals surface area contributed by atoms with Gasteiger partial charge in [-0.05, 0) is 25.1 Å². The summed E-state index contributed by atoms with van der Waals surface area (Å²) in [6.07, 6.45) is 1.01. The quantitative estimate of drug-likeness (QED) is 0.876. The lowest BCUT2D eigenvalue weighted by Crippen LogP contribution is -2.13. The minimum atomic E-state index is -1.15. The van der Waals surface area contributed by atoms with Gasteiger partial charge in [-0.25, -0.2) is 13.6 Å². The molecule has 1 aromatic heterocycles. The first-order valence-corrected chi connectivity index (χ1v) is 5.90. The summed E-state index contributed by atoms with van der Waals surface area (Å²) in [5.41, 5.74) is -0.234. The fraction of sp³-hybridized carbons (Fsp3) is 0.154. The van der Waals surface area contributed by atoms with E-state index in [0.29, 0.717) is 0 Å². The number of anilines is 1. The van der Waals surface area contributed by atoms with E-state index in [1.165, 1.54) is 0 Å². The van der Waals surface area contributed by atoms with Gasteiger partial charge in [0, 0.05) is 5.56 Å². The molecule has 0 saturated heterocycles. The van der Waals surface area contributed by atoms with Gasteiger partial charge in [0.15, 0.2) is 17.3 Å². The summed E-state index contributed by atoms with van der Waals surface area (Å²) in [5.74, 6) is -3.67. The van der Waals surface area contributed by atoms with E-state index in [2.05, 4.69) is 10.3 Å². The third kappa shape index (κ3) is 3.41. The summed E-state index contributed by atoms with van der Waals surface area (Å²) < 4.78 is 35.3. The normalized spacial score (nSPS) is 10.2. The lowest BCUT2D eigenvalue weighted by Gasteiger charge is -2.01. The molecule has 1 amide bonds. The van der Waals surface area contributed by atoms with Gasteiger partial charge >= 0.3 is 12.0 Å². The SMILES string of the molecule is CCOC(=O)c1coc(NC(=O)c2ccc(F)c(F)c2)n1. The van der Waals surface area contributed by atoms with Crippen LogP contribution in [0.3, 0.4) is 0 Å². The molecule has 2 aromatic rings. The Morgan fingerprint density at radius 3 is 2.76 bits per heavy atom. The van der Waals surface area contributed by atoms with Gasteiger partial charge in [0.05, 0.1) is 6.61 Å². The van der Waals surface area contributed by atoms with Gasteiger partial charge in [-0.3, -0.25) is 10.1 Å². The number of nitrogens with one attached hydrogen (secondary N) is 1. The van der Waals surface area contributed by atoms with Crippen LogP contribution in [0.2, 0.25) is 0 Å². The molecule has 0 aliphatic rings. The second-order valence-electron chi connectivity index (χ2n) is 3.84. The summed E-state index contributed by atoms with van der Waals surface area (Å²) >= 11 is 0. The van der Waals surface area contributed by atoms with Gasteiger partial charge in [0.25, 0.3) is 5.91 Å². The van der Waals surface area contributed by atoms with Crippen LogP contribution in [-0.2, 0) is 4.74 Å². The zero-order chi connectivity index (χ0) is 15.4. The fourth-order valence-electron chi connectivity index (χ4n) is 1.44. The molecule has 0 fully saturated rings. The van der Waals surface area contributed by atoms with Gasteiger partial charge in [0.1, 0.15) is 6.26 Å². The Morgan fingerprint density at radius 1 is 1.33 bits per heavy atom. The second-order valence-corrected chi connectivity index (χ2v) is 3.84. The average molecular weight is 296 g/mol. The van der Waals surface area contributed by atoms with Crippen molar-refractivity contribution in [2.75, 3.05) is 11.9 Å². The largest absolute Gasteiger partial charge is 0.461 e. The summed E-state index contributed by atoms with van der Waals surface area (Å²) in [7, 11) is 0. The van der Waals surface area contributed by atoms with Gasteiger partial charge in [-0.2, -0.15) is 4.98 Å². The predicted molar refractivity (Wildman–Crippen MR) is 66.8 cm³/mol. The number of hydrogen-bond acceptors (Lipinski definition) is 5. The summed E-state index contributed by atoms with van der Waals surface area (Å²) in [4.78, 5) is 26.8. The lowest BCUT2D eigenvalue weighted by molar-refractivity contribution is 0.0519. The van der Waals surface area contributed by atoms with E-state index in [9.17, 15) is 18.4 Å². The number of aromatic nitrogens is 1. The Morgan fingerprint density at radius 2 is 2.10 bits per heavy atom. The molecule has 110 valence electrons. The van der Waals surface area contributed by atoms with Gasteiger partial charge < -0.3 is 9.15 Å². The number of benzene rings is 1. The topological polar surface area (TPSA) is 81.4 Å². The molecule has 0 unspecified atom stereocenters. The number of amides is 1. The predicted octanol–water partition coefficient (Wildman–Crippen LogP) is 2.38. The fourth-order valence-corrected chi connectivity index (χ4v) is 1.44. The summed E-state index contributed by atoms with van der Waals surface area (Å²) in [6, 6.07) is 2.40. The smallest absolute Gasteiger partial charge is 0.360 e. The highest BCUT2D eigenvalue weighted by Crippen LogP contribution is 2.13. The van der Waals surface area contributed by atoms with Gasteiger partial charge in [-0.1, -0.05) is 0 Å². The second kappa shape index (κ2) is 6.12. The van der Waals surface area contributed by atoms with E-state index in [-0.39, 0.29) is 23.9 Å². The Balaban J connectivity index is 2.09. The van der Waals surface area contributed by atoms with Crippen molar-refractivity contribution in [3.63, 3.8) is 0 Å². The molecule has 1 heterocycles. The molecule has 2 rings (SSSR count). The third-order valence-electron chi connectivity index (χ3n) is 2.39. The molecule has 0 aliphatic carbocycles. The van der Waals surface area contributed by atoms with Crippen LogP contribution < -0.4 is 5.32 Å². The standard InChI is InChI=1S/C13H10F2N2O4/c1-2-20-12(19)10-6-21-13(16-10)17-11(18)7-3-4-8(14)9(15)5-7/h3-6H,2H2,1H3,(H,16,17,18). The van der Waals surface area contributed by atoms with Crippen LogP contribution in [0.5, 0.6) is 0 Å². The van der Waals surface area contributed by atoms with E-state index >= 15 is 0 Å². The first-order valence-electron chi connectivity index (χ1n) is 5.90. The van der Waals surface area contributed by atoms with Crippen molar-refractivity contribution in [3.05, 3.63) is 47.4 Å². The molecular weight excluding hydrogens is 286 g/mol. The van der Waals surface area contributed by atoms with Crippen molar-refractivity contribution in [2.45, 2.75) is 6.92 Å². The number of carbonyl (C=O) groups is 2. The van der Waals surface area contributed by atoms with E-state index in [1.807, 2.05) is 0 Å². The lowest BCUT2D eigenvalue weighted by atomic mass is 10.2. The third-order valence-corrected chi connectivity index (χ3v) is 2.39. The number of esters is 1. The molecule has 0 radical (unpaired) electrons. The Kier molecular flexibility index (Phi) is 4.27. The number of nitrogens with zero attached hydrogens (tertiary/aromatic N) is 1. The van der Waals surface area contributed by atoms with E-state index in [0.717, 1.165) is 24.5 Å². The molecule has 0 saturated carbocycles. The van der Waals surface area contributed by atoms with Crippen LogP contribution >= 0.6 is 0 Å². The molecule has 0 spiro atoms. The summed E-state index contributed by atoms with van der Waals surface area (Å²) in [5, 5.41) is 2.21. The summed E-state index contributed by atoms with van der Waals surface area (Å²) in [6.45, 7) is 1.80. The van der Waals surface area contributed by atoms with Crippen LogP contribution in [-0.4, -0.2) is 23.5 Å². The van der Waals surface area contributed by atoms with Crippen LogP contribution in [0.15, 0.2) is 28.9 Å². The van der Waals surface area contributed by atoms with Gasteiger partial charge in [-0.15, -0.1) is 0 Å². The van der Waals surface area contributed by atoms with E-state index in [4.69, 9.17) is 9.15 Å². The van der Waals surface area contributed by atoms with Crippen LogP contribution in [0.1, 0.15) is 27.8 Å². The maximum atomic E-state index is 13.0. The minimum absolute atomic E-state index is 0.113. The zero-order valence-corrected chi connectivity index (χ0v) is 10.9.